The minimum Gasteiger partial charge on any atom is -0.356 e. The van der Waals surface area contributed by atoms with E-state index in [1.165, 1.54) is 0 Å². The molecule has 0 aliphatic heterocycles. The van der Waals surface area contributed by atoms with Crippen molar-refractivity contribution in [3.05, 3.63) is 50.9 Å². The summed E-state index contributed by atoms with van der Waals surface area (Å²) in [7, 11) is 3.51. The Labute approximate surface area is 153 Å². The third-order valence-corrected chi connectivity index (χ3v) is 4.68. The number of nitrogens with one attached hydrogen (secondary N) is 1. The standard InChI is InChI=1S/C16H18ClF3N4S/c1-21-15(24(2)9-11-5-3-4-6-12(11)17)22-8-7-14-23-13(10-25-14)16(18,19)20/h3-6,10H,7-9H2,1-2H3,(H,21,22). The van der Waals surface area contributed by atoms with Crippen molar-refractivity contribution in [1.29, 1.82) is 0 Å². The van der Waals surface area contributed by atoms with E-state index in [0.29, 0.717) is 35.5 Å². The molecule has 0 aliphatic carbocycles. The monoisotopic (exact) mass is 390 g/mol. The first-order valence-corrected chi connectivity index (χ1v) is 8.74. The summed E-state index contributed by atoms with van der Waals surface area (Å²) in [5.41, 5.74) is 0.122. The van der Waals surface area contributed by atoms with Gasteiger partial charge in [0, 0.05) is 44.0 Å². The van der Waals surface area contributed by atoms with Crippen molar-refractivity contribution in [1.82, 2.24) is 15.2 Å². The molecule has 1 aromatic carbocycles. The van der Waals surface area contributed by atoms with Gasteiger partial charge in [-0.15, -0.1) is 11.3 Å². The van der Waals surface area contributed by atoms with Crippen LogP contribution in [0, 0.1) is 0 Å². The van der Waals surface area contributed by atoms with Gasteiger partial charge >= 0.3 is 6.18 Å². The Kier molecular flexibility index (Phi) is 6.66. The molecule has 0 radical (unpaired) electrons. The molecule has 0 fully saturated rings. The predicted octanol–water partition coefficient (Wildman–Crippen LogP) is 4.07. The van der Waals surface area contributed by atoms with E-state index in [-0.39, 0.29) is 0 Å². The molecule has 4 nitrogen and oxygen atoms in total. The first-order valence-electron chi connectivity index (χ1n) is 7.48. The summed E-state index contributed by atoms with van der Waals surface area (Å²) in [4.78, 5) is 9.68. The number of halogens is 4. The molecule has 0 spiro atoms. The second kappa shape index (κ2) is 8.53. The molecule has 0 bridgehead atoms. The highest BCUT2D eigenvalue weighted by atomic mass is 35.5. The zero-order valence-electron chi connectivity index (χ0n) is 13.8. The van der Waals surface area contributed by atoms with Crippen LogP contribution < -0.4 is 5.32 Å². The molecule has 136 valence electrons. The molecule has 0 unspecified atom stereocenters. The van der Waals surface area contributed by atoms with Gasteiger partial charge in [-0.1, -0.05) is 29.8 Å². The van der Waals surface area contributed by atoms with Crippen molar-refractivity contribution in [2.24, 2.45) is 4.99 Å². The minimum atomic E-state index is -4.40. The summed E-state index contributed by atoms with van der Waals surface area (Å²) >= 11 is 7.16. The number of aliphatic imine (C=N–C) groups is 1. The van der Waals surface area contributed by atoms with Crippen LogP contribution in [0.1, 0.15) is 16.3 Å². The Morgan fingerprint density at radius 3 is 2.68 bits per heavy atom. The van der Waals surface area contributed by atoms with Crippen molar-refractivity contribution in [3.63, 3.8) is 0 Å². The molecular weight excluding hydrogens is 373 g/mol. The van der Waals surface area contributed by atoms with Gasteiger partial charge in [0.2, 0.25) is 0 Å². The molecule has 0 aliphatic rings. The van der Waals surface area contributed by atoms with E-state index < -0.39 is 11.9 Å². The van der Waals surface area contributed by atoms with Crippen LogP contribution in [0.3, 0.4) is 0 Å². The van der Waals surface area contributed by atoms with E-state index in [4.69, 9.17) is 11.6 Å². The van der Waals surface area contributed by atoms with E-state index in [9.17, 15) is 13.2 Å². The Morgan fingerprint density at radius 1 is 1.36 bits per heavy atom. The average Bonchev–Trinajstić information content (AvgIpc) is 3.03. The number of alkyl halides is 3. The molecule has 0 amide bonds. The smallest absolute Gasteiger partial charge is 0.356 e. The molecule has 25 heavy (non-hydrogen) atoms. The third kappa shape index (κ3) is 5.61. The Hall–Kier alpha value is -1.80. The maximum Gasteiger partial charge on any atom is 0.434 e. The SMILES string of the molecule is CN=C(NCCc1nc(C(F)(F)F)cs1)N(C)Cc1ccccc1Cl. The quantitative estimate of drug-likeness (QED) is 0.618. The molecule has 9 heteroatoms. The number of hydrogen-bond donors (Lipinski definition) is 1. The molecule has 0 atom stereocenters. The van der Waals surface area contributed by atoms with Gasteiger partial charge in [-0.3, -0.25) is 4.99 Å². The van der Waals surface area contributed by atoms with Gasteiger partial charge in [0.25, 0.3) is 0 Å². The lowest BCUT2D eigenvalue weighted by Gasteiger charge is -2.22. The van der Waals surface area contributed by atoms with Gasteiger partial charge in [-0.05, 0) is 11.6 Å². The highest BCUT2D eigenvalue weighted by molar-refractivity contribution is 7.09. The van der Waals surface area contributed by atoms with Crippen molar-refractivity contribution >= 4 is 28.9 Å². The lowest BCUT2D eigenvalue weighted by atomic mass is 10.2. The van der Waals surface area contributed by atoms with Crippen LogP contribution in [0.4, 0.5) is 13.2 Å². The fraction of sp³-hybridized carbons (Fsp3) is 0.375. The fourth-order valence-electron chi connectivity index (χ4n) is 2.18. The number of aromatic nitrogens is 1. The van der Waals surface area contributed by atoms with Gasteiger partial charge in [0.1, 0.15) is 0 Å². The van der Waals surface area contributed by atoms with Crippen LogP contribution in [-0.2, 0) is 19.1 Å². The van der Waals surface area contributed by atoms with E-state index in [2.05, 4.69) is 15.3 Å². The summed E-state index contributed by atoms with van der Waals surface area (Å²) in [6.45, 7) is 0.999. The topological polar surface area (TPSA) is 40.5 Å². The van der Waals surface area contributed by atoms with Crippen LogP contribution in [0.2, 0.25) is 5.02 Å². The van der Waals surface area contributed by atoms with E-state index >= 15 is 0 Å². The van der Waals surface area contributed by atoms with Gasteiger partial charge in [-0.25, -0.2) is 4.98 Å². The van der Waals surface area contributed by atoms with Crippen LogP contribution in [0.5, 0.6) is 0 Å². The molecule has 1 N–H and O–H groups in total. The van der Waals surface area contributed by atoms with Crippen LogP contribution >= 0.6 is 22.9 Å². The van der Waals surface area contributed by atoms with Gasteiger partial charge < -0.3 is 10.2 Å². The van der Waals surface area contributed by atoms with Crippen molar-refractivity contribution in [3.8, 4) is 0 Å². The second-order valence-electron chi connectivity index (χ2n) is 5.30. The van der Waals surface area contributed by atoms with Gasteiger partial charge in [0.05, 0.1) is 5.01 Å². The molecule has 2 rings (SSSR count). The minimum absolute atomic E-state index is 0.389. The zero-order chi connectivity index (χ0) is 18.4. The number of thiazole rings is 1. The number of hydrogen-bond acceptors (Lipinski definition) is 3. The lowest BCUT2D eigenvalue weighted by molar-refractivity contribution is -0.140. The first-order chi connectivity index (χ1) is 11.8. The Morgan fingerprint density at radius 2 is 2.08 bits per heavy atom. The normalized spacial score (nSPS) is 12.3. The van der Waals surface area contributed by atoms with Crippen molar-refractivity contribution in [2.75, 3.05) is 20.6 Å². The molecule has 2 aromatic rings. The summed E-state index contributed by atoms with van der Waals surface area (Å²) in [5.74, 6) is 0.632. The average molecular weight is 391 g/mol. The zero-order valence-corrected chi connectivity index (χ0v) is 15.3. The summed E-state index contributed by atoms with van der Waals surface area (Å²) in [5, 5.41) is 5.27. The van der Waals surface area contributed by atoms with Crippen LogP contribution in [0.25, 0.3) is 0 Å². The second-order valence-corrected chi connectivity index (χ2v) is 6.65. The van der Waals surface area contributed by atoms with Crippen molar-refractivity contribution < 1.29 is 13.2 Å². The number of rotatable bonds is 5. The molecule has 0 saturated heterocycles. The Bertz CT molecular complexity index is 730. The maximum absolute atomic E-state index is 12.5. The number of nitrogens with zero attached hydrogens (tertiary/aromatic N) is 3. The van der Waals surface area contributed by atoms with Gasteiger partial charge in [0.15, 0.2) is 11.7 Å². The highest BCUT2D eigenvalue weighted by Crippen LogP contribution is 2.30. The fourth-order valence-corrected chi connectivity index (χ4v) is 3.18. The number of benzene rings is 1. The molecular formula is C16H18ClF3N4S. The summed E-state index contributed by atoms with van der Waals surface area (Å²) in [6.07, 6.45) is -4.01. The predicted molar refractivity (Wildman–Crippen MR) is 95.1 cm³/mol. The van der Waals surface area contributed by atoms with E-state index in [1.807, 2.05) is 36.2 Å². The molecule has 0 saturated carbocycles. The van der Waals surface area contributed by atoms with E-state index in [0.717, 1.165) is 22.3 Å². The van der Waals surface area contributed by atoms with Gasteiger partial charge in [-0.2, -0.15) is 13.2 Å². The summed E-state index contributed by atoms with van der Waals surface area (Å²) in [6, 6.07) is 7.52. The third-order valence-electron chi connectivity index (χ3n) is 3.40. The maximum atomic E-state index is 12.5. The van der Waals surface area contributed by atoms with Crippen LogP contribution in [0.15, 0.2) is 34.6 Å². The van der Waals surface area contributed by atoms with Crippen molar-refractivity contribution in [2.45, 2.75) is 19.1 Å². The largest absolute Gasteiger partial charge is 0.434 e. The van der Waals surface area contributed by atoms with E-state index in [1.54, 1.807) is 7.05 Å². The number of guanidine groups is 1. The lowest BCUT2D eigenvalue weighted by Crippen LogP contribution is -2.39. The Balaban J connectivity index is 1.88. The summed E-state index contributed by atoms with van der Waals surface area (Å²) < 4.78 is 37.6. The molecule has 1 heterocycles. The van der Waals surface area contributed by atoms with Crippen LogP contribution in [-0.4, -0.2) is 36.5 Å². The highest BCUT2D eigenvalue weighted by Gasteiger charge is 2.33. The molecule has 1 aromatic heterocycles. The first kappa shape index (κ1) is 19.5.